The zero-order valence-corrected chi connectivity index (χ0v) is 11.2. The van der Waals surface area contributed by atoms with E-state index in [1.807, 2.05) is 35.9 Å². The van der Waals surface area contributed by atoms with Crippen molar-refractivity contribution in [2.24, 2.45) is 7.05 Å². The smallest absolute Gasteiger partial charge is 0.143 e. The first-order valence-electron chi connectivity index (χ1n) is 4.88. The van der Waals surface area contributed by atoms with Gasteiger partial charge < -0.3 is 4.57 Å². The summed E-state index contributed by atoms with van der Waals surface area (Å²) in [4.78, 5) is 0. The Bertz CT molecular complexity index is 496. The Kier molecular flexibility index (Phi) is 3.61. The van der Waals surface area contributed by atoms with E-state index >= 15 is 0 Å². The highest BCUT2D eigenvalue weighted by Gasteiger charge is 2.07. The number of nitrogens with zero attached hydrogens (tertiary/aromatic N) is 3. The summed E-state index contributed by atoms with van der Waals surface area (Å²) in [6, 6.07) is 7.80. The molecule has 0 fully saturated rings. The van der Waals surface area contributed by atoms with Crippen molar-refractivity contribution in [2.75, 3.05) is 0 Å². The molecule has 1 aromatic carbocycles. The summed E-state index contributed by atoms with van der Waals surface area (Å²) in [5, 5.41) is 9.70. The van der Waals surface area contributed by atoms with Crippen LogP contribution in [0.4, 0.5) is 0 Å². The van der Waals surface area contributed by atoms with Crippen molar-refractivity contribution >= 4 is 27.5 Å². The maximum absolute atomic E-state index is 5.93. The first-order valence-corrected chi connectivity index (χ1v) is 6.38. The monoisotopic (exact) mass is 299 g/mol. The second kappa shape index (κ2) is 4.97. The summed E-state index contributed by atoms with van der Waals surface area (Å²) in [5.41, 5.74) is 1.14. The van der Waals surface area contributed by atoms with E-state index in [1.165, 1.54) is 0 Å². The van der Waals surface area contributed by atoms with Crippen LogP contribution in [0, 0.1) is 0 Å². The van der Waals surface area contributed by atoms with Crippen LogP contribution < -0.4 is 0 Å². The molecule has 1 heterocycles. The van der Waals surface area contributed by atoms with E-state index in [4.69, 9.17) is 11.6 Å². The lowest BCUT2D eigenvalue weighted by molar-refractivity contribution is 0.793. The summed E-state index contributed by atoms with van der Waals surface area (Å²) in [5.74, 6) is 1.87. The first-order chi connectivity index (χ1) is 7.70. The number of alkyl halides is 1. The third-order valence-electron chi connectivity index (χ3n) is 2.43. The number of halogens is 2. The van der Waals surface area contributed by atoms with Gasteiger partial charge in [0.2, 0.25) is 0 Å². The van der Waals surface area contributed by atoms with Gasteiger partial charge in [-0.15, -0.1) is 10.2 Å². The Balaban J connectivity index is 2.24. The average molecular weight is 301 g/mol. The van der Waals surface area contributed by atoms with Gasteiger partial charge in [0.1, 0.15) is 11.6 Å². The second-order valence-electron chi connectivity index (χ2n) is 3.53. The van der Waals surface area contributed by atoms with Gasteiger partial charge in [0.15, 0.2) is 0 Å². The van der Waals surface area contributed by atoms with Crippen molar-refractivity contribution in [1.82, 2.24) is 14.8 Å². The molecule has 5 heteroatoms. The molecular weight excluding hydrogens is 289 g/mol. The van der Waals surface area contributed by atoms with Gasteiger partial charge in [-0.05, 0) is 17.7 Å². The quantitative estimate of drug-likeness (QED) is 0.816. The third-order valence-corrected chi connectivity index (χ3v) is 3.16. The van der Waals surface area contributed by atoms with Gasteiger partial charge in [-0.2, -0.15) is 0 Å². The summed E-state index contributed by atoms with van der Waals surface area (Å²) >= 11 is 9.31. The van der Waals surface area contributed by atoms with Crippen LogP contribution in [0.2, 0.25) is 5.02 Å². The van der Waals surface area contributed by atoms with E-state index in [0.29, 0.717) is 5.33 Å². The molecule has 0 aliphatic carbocycles. The molecule has 84 valence electrons. The van der Waals surface area contributed by atoms with Gasteiger partial charge in [-0.25, -0.2) is 0 Å². The van der Waals surface area contributed by atoms with E-state index < -0.39 is 0 Å². The molecule has 0 radical (unpaired) electrons. The fourth-order valence-corrected chi connectivity index (χ4v) is 2.20. The Labute approximate surface area is 108 Å². The van der Waals surface area contributed by atoms with Crippen LogP contribution in [0.5, 0.6) is 0 Å². The van der Waals surface area contributed by atoms with Crippen LogP contribution in [-0.2, 0) is 18.8 Å². The summed E-state index contributed by atoms with van der Waals surface area (Å²) in [6.07, 6.45) is 0.747. The van der Waals surface area contributed by atoms with Crippen molar-refractivity contribution in [3.63, 3.8) is 0 Å². The largest absolute Gasteiger partial charge is 0.317 e. The van der Waals surface area contributed by atoms with Gasteiger partial charge in [-0.3, -0.25) is 0 Å². The lowest BCUT2D eigenvalue weighted by Crippen LogP contribution is -2.01. The number of rotatable bonds is 3. The van der Waals surface area contributed by atoms with Crippen molar-refractivity contribution in [2.45, 2.75) is 11.8 Å². The molecule has 0 bridgehead atoms. The Morgan fingerprint density at radius 1 is 1.31 bits per heavy atom. The van der Waals surface area contributed by atoms with Gasteiger partial charge in [-0.1, -0.05) is 39.7 Å². The van der Waals surface area contributed by atoms with Crippen LogP contribution >= 0.6 is 27.5 Å². The molecule has 2 aromatic rings. The standard InChI is InChI=1S/C11H11BrClN3/c1-16-10(14-15-11(16)7-12)6-8-3-2-4-9(13)5-8/h2-5H,6-7H2,1H3. The van der Waals surface area contributed by atoms with Gasteiger partial charge in [0.05, 0.1) is 5.33 Å². The maximum Gasteiger partial charge on any atom is 0.143 e. The molecule has 0 spiro atoms. The van der Waals surface area contributed by atoms with E-state index in [2.05, 4.69) is 26.1 Å². The zero-order chi connectivity index (χ0) is 11.5. The van der Waals surface area contributed by atoms with Crippen molar-refractivity contribution in [3.05, 3.63) is 46.5 Å². The van der Waals surface area contributed by atoms with E-state index in [9.17, 15) is 0 Å². The maximum atomic E-state index is 5.93. The van der Waals surface area contributed by atoms with Gasteiger partial charge >= 0.3 is 0 Å². The lowest BCUT2D eigenvalue weighted by Gasteiger charge is -2.02. The highest BCUT2D eigenvalue weighted by Crippen LogP contribution is 2.14. The number of hydrogen-bond donors (Lipinski definition) is 0. The fourth-order valence-electron chi connectivity index (χ4n) is 1.50. The molecule has 0 N–H and O–H groups in total. The number of hydrogen-bond acceptors (Lipinski definition) is 2. The fraction of sp³-hybridized carbons (Fsp3) is 0.273. The predicted octanol–water partition coefficient (Wildman–Crippen LogP) is 2.95. The Morgan fingerprint density at radius 3 is 2.69 bits per heavy atom. The molecule has 2 rings (SSSR count). The summed E-state index contributed by atoms with van der Waals surface area (Å²) < 4.78 is 2.00. The van der Waals surface area contributed by atoms with Gasteiger partial charge in [0, 0.05) is 18.5 Å². The van der Waals surface area contributed by atoms with Crippen LogP contribution in [0.1, 0.15) is 17.2 Å². The molecule has 0 amide bonds. The minimum absolute atomic E-state index is 0.714. The molecule has 16 heavy (non-hydrogen) atoms. The minimum Gasteiger partial charge on any atom is -0.317 e. The summed E-state index contributed by atoms with van der Waals surface area (Å²) in [7, 11) is 1.97. The number of benzene rings is 1. The first kappa shape index (κ1) is 11.6. The minimum atomic E-state index is 0.714. The summed E-state index contributed by atoms with van der Waals surface area (Å²) in [6.45, 7) is 0. The lowest BCUT2D eigenvalue weighted by atomic mass is 10.1. The van der Waals surface area contributed by atoms with Crippen LogP contribution in [0.3, 0.4) is 0 Å². The normalized spacial score (nSPS) is 10.7. The Morgan fingerprint density at radius 2 is 2.06 bits per heavy atom. The molecule has 0 aliphatic rings. The van der Waals surface area contributed by atoms with E-state index in [0.717, 1.165) is 28.7 Å². The van der Waals surface area contributed by atoms with Crippen molar-refractivity contribution < 1.29 is 0 Å². The molecule has 1 aromatic heterocycles. The molecule has 0 atom stereocenters. The number of aromatic nitrogens is 3. The Hall–Kier alpha value is -0.870. The molecule has 0 saturated heterocycles. The average Bonchev–Trinajstić information content (AvgIpc) is 2.60. The van der Waals surface area contributed by atoms with Crippen molar-refractivity contribution in [1.29, 1.82) is 0 Å². The SMILES string of the molecule is Cn1c(CBr)nnc1Cc1cccc(Cl)c1. The highest BCUT2D eigenvalue weighted by molar-refractivity contribution is 9.08. The second-order valence-corrected chi connectivity index (χ2v) is 4.53. The van der Waals surface area contributed by atoms with Gasteiger partial charge in [0.25, 0.3) is 0 Å². The van der Waals surface area contributed by atoms with E-state index in [1.54, 1.807) is 0 Å². The molecule has 0 aliphatic heterocycles. The third kappa shape index (κ3) is 2.44. The van der Waals surface area contributed by atoms with Crippen LogP contribution in [-0.4, -0.2) is 14.8 Å². The molecule has 3 nitrogen and oxygen atoms in total. The van der Waals surface area contributed by atoms with Crippen LogP contribution in [0.25, 0.3) is 0 Å². The van der Waals surface area contributed by atoms with Crippen molar-refractivity contribution in [3.8, 4) is 0 Å². The highest BCUT2D eigenvalue weighted by atomic mass is 79.9. The van der Waals surface area contributed by atoms with Crippen LogP contribution in [0.15, 0.2) is 24.3 Å². The molecular formula is C11H11BrClN3. The predicted molar refractivity (Wildman–Crippen MR) is 67.9 cm³/mol. The van der Waals surface area contributed by atoms with E-state index in [-0.39, 0.29) is 0 Å². The zero-order valence-electron chi connectivity index (χ0n) is 8.82. The molecule has 0 unspecified atom stereocenters. The molecule has 0 saturated carbocycles. The topological polar surface area (TPSA) is 30.7 Å².